The summed E-state index contributed by atoms with van der Waals surface area (Å²) in [5, 5.41) is 0. The van der Waals surface area contributed by atoms with E-state index in [1.54, 1.807) is 19.1 Å². The molecule has 0 aliphatic heterocycles. The Bertz CT molecular complexity index is 660. The van der Waals surface area contributed by atoms with Crippen LogP contribution in [0.5, 0.6) is 0 Å². The topological polar surface area (TPSA) is 38.8 Å². The minimum atomic E-state index is -0.517. The summed E-state index contributed by atoms with van der Waals surface area (Å²) in [6.07, 6.45) is -0.517. The molecule has 24 heavy (non-hydrogen) atoms. The normalized spacial score (nSPS) is 12.2. The number of methoxy groups -OCH3 is 2. The summed E-state index contributed by atoms with van der Waals surface area (Å²) < 4.78 is 10.8. The second kappa shape index (κ2) is 8.08. The Morgan fingerprint density at radius 3 is 1.96 bits per heavy atom. The number of amides is 1. The van der Waals surface area contributed by atoms with Crippen LogP contribution in [-0.2, 0) is 9.47 Å². The zero-order chi connectivity index (χ0) is 17.7. The van der Waals surface area contributed by atoms with Gasteiger partial charge in [0.25, 0.3) is 5.91 Å². The zero-order valence-corrected chi connectivity index (χ0v) is 14.9. The molecule has 0 aliphatic rings. The number of ether oxygens (including phenoxy) is 2. The van der Waals surface area contributed by atoms with Gasteiger partial charge in [0.2, 0.25) is 0 Å². The van der Waals surface area contributed by atoms with Gasteiger partial charge in [-0.25, -0.2) is 0 Å². The number of para-hydroxylation sites is 1. The molecule has 2 rings (SSSR count). The van der Waals surface area contributed by atoms with E-state index in [0.29, 0.717) is 5.56 Å². The van der Waals surface area contributed by atoms with Crippen LogP contribution in [0.2, 0.25) is 0 Å². The van der Waals surface area contributed by atoms with Crippen molar-refractivity contribution in [1.82, 2.24) is 0 Å². The minimum absolute atomic E-state index is 0.0698. The number of rotatable bonds is 6. The van der Waals surface area contributed by atoms with Gasteiger partial charge in [0.1, 0.15) is 0 Å². The van der Waals surface area contributed by atoms with E-state index in [1.165, 1.54) is 0 Å². The van der Waals surface area contributed by atoms with Gasteiger partial charge in [-0.15, -0.1) is 0 Å². The summed E-state index contributed by atoms with van der Waals surface area (Å²) in [4.78, 5) is 15.0. The number of benzene rings is 2. The lowest BCUT2D eigenvalue weighted by Crippen LogP contribution is -2.47. The highest BCUT2D eigenvalue weighted by molar-refractivity contribution is 6.07. The van der Waals surface area contributed by atoms with Gasteiger partial charge in [0, 0.05) is 19.8 Å². The number of hydrogen-bond acceptors (Lipinski definition) is 3. The quantitative estimate of drug-likeness (QED) is 0.754. The summed E-state index contributed by atoms with van der Waals surface area (Å²) in [6, 6.07) is 15.0. The molecule has 0 bridgehead atoms. The van der Waals surface area contributed by atoms with E-state index in [-0.39, 0.29) is 11.9 Å². The third kappa shape index (κ3) is 3.66. The average molecular weight is 327 g/mol. The van der Waals surface area contributed by atoms with Gasteiger partial charge in [0.15, 0.2) is 6.29 Å². The lowest BCUT2D eigenvalue weighted by molar-refractivity contribution is -0.113. The molecule has 0 aliphatic carbocycles. The van der Waals surface area contributed by atoms with E-state index in [4.69, 9.17) is 9.47 Å². The van der Waals surface area contributed by atoms with Gasteiger partial charge in [-0.05, 0) is 44.0 Å². The molecule has 0 aromatic heterocycles. The van der Waals surface area contributed by atoms with Crippen molar-refractivity contribution in [2.24, 2.45) is 0 Å². The minimum Gasteiger partial charge on any atom is -0.354 e. The predicted octanol–water partition coefficient (Wildman–Crippen LogP) is 3.96. The van der Waals surface area contributed by atoms with Crippen molar-refractivity contribution in [3.05, 3.63) is 65.2 Å². The Kier molecular flexibility index (Phi) is 6.12. The van der Waals surface area contributed by atoms with Crippen LogP contribution in [0.15, 0.2) is 48.5 Å². The molecule has 4 heteroatoms. The van der Waals surface area contributed by atoms with E-state index in [9.17, 15) is 4.79 Å². The molecule has 0 fully saturated rings. The molecule has 0 heterocycles. The molecule has 1 amide bonds. The lowest BCUT2D eigenvalue weighted by Gasteiger charge is -2.35. The fraction of sp³-hybridized carbons (Fsp3) is 0.350. The Balaban J connectivity index is 2.55. The summed E-state index contributed by atoms with van der Waals surface area (Å²) in [5.74, 6) is -0.0698. The monoisotopic (exact) mass is 327 g/mol. The molecule has 0 saturated heterocycles. The van der Waals surface area contributed by atoms with Crippen LogP contribution in [0.1, 0.15) is 28.4 Å². The first-order chi connectivity index (χ1) is 11.5. The van der Waals surface area contributed by atoms with E-state index >= 15 is 0 Å². The second-order valence-corrected chi connectivity index (χ2v) is 5.86. The van der Waals surface area contributed by atoms with Crippen LogP contribution < -0.4 is 4.90 Å². The van der Waals surface area contributed by atoms with Crippen LogP contribution in [0.3, 0.4) is 0 Å². The van der Waals surface area contributed by atoms with Gasteiger partial charge in [-0.2, -0.15) is 0 Å². The van der Waals surface area contributed by atoms with Gasteiger partial charge in [-0.3, -0.25) is 9.69 Å². The highest BCUT2D eigenvalue weighted by Gasteiger charge is 2.31. The van der Waals surface area contributed by atoms with Crippen LogP contribution in [-0.4, -0.2) is 32.5 Å². The molecular formula is C20H25NO3. The largest absolute Gasteiger partial charge is 0.354 e. The Morgan fingerprint density at radius 2 is 1.46 bits per heavy atom. The molecule has 1 atom stereocenters. The van der Waals surface area contributed by atoms with E-state index < -0.39 is 6.29 Å². The number of aryl methyl sites for hydroxylation is 2. The molecule has 4 nitrogen and oxygen atoms in total. The maximum Gasteiger partial charge on any atom is 0.258 e. The van der Waals surface area contributed by atoms with Crippen molar-refractivity contribution in [3.63, 3.8) is 0 Å². The third-order valence-corrected chi connectivity index (χ3v) is 4.19. The molecule has 2 aromatic rings. The maximum absolute atomic E-state index is 13.2. The maximum atomic E-state index is 13.2. The average Bonchev–Trinajstić information content (AvgIpc) is 2.59. The first-order valence-corrected chi connectivity index (χ1v) is 8.01. The standard InChI is InChI=1S/C20H25NO3/c1-14-10-9-11-15(2)18(14)21(16(3)20(23-4)24-5)19(22)17-12-7-6-8-13-17/h6-13,16,20H,1-5H3. The number of carbonyl (C=O) groups is 1. The van der Waals surface area contributed by atoms with Crippen LogP contribution in [0.4, 0.5) is 5.69 Å². The van der Waals surface area contributed by atoms with Gasteiger partial charge < -0.3 is 9.47 Å². The zero-order valence-electron chi connectivity index (χ0n) is 14.9. The summed E-state index contributed by atoms with van der Waals surface area (Å²) >= 11 is 0. The molecule has 0 spiro atoms. The van der Waals surface area contributed by atoms with Crippen LogP contribution >= 0.6 is 0 Å². The fourth-order valence-corrected chi connectivity index (χ4v) is 3.01. The first kappa shape index (κ1) is 18.2. The first-order valence-electron chi connectivity index (χ1n) is 8.01. The summed E-state index contributed by atoms with van der Waals surface area (Å²) in [5.41, 5.74) is 3.62. The molecule has 0 radical (unpaired) electrons. The second-order valence-electron chi connectivity index (χ2n) is 5.86. The third-order valence-electron chi connectivity index (χ3n) is 4.19. The SMILES string of the molecule is COC(OC)C(C)N(C(=O)c1ccccc1)c1c(C)cccc1C. The smallest absolute Gasteiger partial charge is 0.258 e. The van der Waals surface area contributed by atoms with Crippen molar-refractivity contribution in [1.29, 1.82) is 0 Å². The highest BCUT2D eigenvalue weighted by atomic mass is 16.7. The van der Waals surface area contributed by atoms with Crippen LogP contribution in [0, 0.1) is 13.8 Å². The predicted molar refractivity (Wildman–Crippen MR) is 96.4 cm³/mol. The van der Waals surface area contributed by atoms with Crippen molar-refractivity contribution >= 4 is 11.6 Å². The van der Waals surface area contributed by atoms with Crippen molar-refractivity contribution in [2.75, 3.05) is 19.1 Å². The Morgan fingerprint density at radius 1 is 0.917 bits per heavy atom. The Labute approximate surface area is 144 Å². The molecule has 2 aromatic carbocycles. The number of anilines is 1. The number of hydrogen-bond donors (Lipinski definition) is 0. The van der Waals surface area contributed by atoms with E-state index in [0.717, 1.165) is 16.8 Å². The molecular weight excluding hydrogens is 302 g/mol. The highest BCUT2D eigenvalue weighted by Crippen LogP contribution is 2.29. The van der Waals surface area contributed by atoms with E-state index in [1.807, 2.05) is 69.3 Å². The van der Waals surface area contributed by atoms with Gasteiger partial charge in [-0.1, -0.05) is 36.4 Å². The summed E-state index contributed by atoms with van der Waals surface area (Å²) in [7, 11) is 3.17. The molecule has 0 saturated carbocycles. The molecule has 128 valence electrons. The van der Waals surface area contributed by atoms with Crippen molar-refractivity contribution < 1.29 is 14.3 Å². The van der Waals surface area contributed by atoms with Crippen molar-refractivity contribution in [2.45, 2.75) is 33.1 Å². The molecule has 0 N–H and O–H groups in total. The van der Waals surface area contributed by atoms with Crippen LogP contribution in [0.25, 0.3) is 0 Å². The summed E-state index contributed by atoms with van der Waals surface area (Å²) in [6.45, 7) is 5.95. The van der Waals surface area contributed by atoms with Crippen molar-refractivity contribution in [3.8, 4) is 0 Å². The molecule has 1 unspecified atom stereocenters. The lowest BCUT2D eigenvalue weighted by atomic mass is 10.0. The van der Waals surface area contributed by atoms with E-state index in [2.05, 4.69) is 0 Å². The Hall–Kier alpha value is -2.17. The van der Waals surface area contributed by atoms with Gasteiger partial charge in [0.05, 0.1) is 11.7 Å². The number of nitrogens with zero attached hydrogens (tertiary/aromatic N) is 1. The number of carbonyl (C=O) groups excluding carboxylic acids is 1. The fourth-order valence-electron chi connectivity index (χ4n) is 3.01. The van der Waals surface area contributed by atoms with Gasteiger partial charge >= 0.3 is 0 Å².